The van der Waals surface area contributed by atoms with Crippen molar-refractivity contribution in [3.05, 3.63) is 71.4 Å². The number of pyridine rings is 1. The Labute approximate surface area is 145 Å². The molecule has 0 unspecified atom stereocenters. The van der Waals surface area contributed by atoms with Crippen molar-refractivity contribution < 1.29 is 9.53 Å². The summed E-state index contributed by atoms with van der Waals surface area (Å²) < 4.78 is 5.32. The first-order valence-corrected chi connectivity index (χ1v) is 8.50. The minimum atomic E-state index is -0.0461. The molecular formula is C19H18N2O2S. The van der Waals surface area contributed by atoms with Crippen molar-refractivity contribution in [1.82, 2.24) is 10.3 Å². The van der Waals surface area contributed by atoms with E-state index in [9.17, 15) is 4.79 Å². The number of hydrogen-bond donors (Lipinski definition) is 1. The summed E-state index contributed by atoms with van der Waals surface area (Å²) in [6.45, 7) is 0.571. The van der Waals surface area contributed by atoms with Gasteiger partial charge in [0.1, 0.15) is 5.75 Å². The van der Waals surface area contributed by atoms with Crippen molar-refractivity contribution >= 4 is 17.2 Å². The second-order valence-electron chi connectivity index (χ2n) is 5.22. The molecule has 3 aromatic rings. The zero-order valence-corrected chi connectivity index (χ0v) is 14.2. The molecule has 0 spiro atoms. The molecule has 0 saturated heterocycles. The molecule has 2 aromatic heterocycles. The maximum Gasteiger partial charge on any atom is 0.261 e. The van der Waals surface area contributed by atoms with Gasteiger partial charge in [-0.05, 0) is 47.9 Å². The molecule has 1 amide bonds. The van der Waals surface area contributed by atoms with Crippen LogP contribution in [0.4, 0.5) is 0 Å². The van der Waals surface area contributed by atoms with E-state index in [1.807, 2.05) is 48.5 Å². The topological polar surface area (TPSA) is 51.2 Å². The van der Waals surface area contributed by atoms with Gasteiger partial charge >= 0.3 is 0 Å². The summed E-state index contributed by atoms with van der Waals surface area (Å²) in [5.74, 6) is 0.804. The fourth-order valence-electron chi connectivity index (χ4n) is 2.44. The molecule has 0 aliphatic carbocycles. The average molecular weight is 338 g/mol. The summed E-state index contributed by atoms with van der Waals surface area (Å²) in [6, 6.07) is 15.6. The lowest BCUT2D eigenvalue weighted by Crippen LogP contribution is -2.24. The highest BCUT2D eigenvalue weighted by Crippen LogP contribution is 2.27. The minimum absolute atomic E-state index is 0.0461. The molecule has 24 heavy (non-hydrogen) atoms. The van der Waals surface area contributed by atoms with Gasteiger partial charge in [-0.2, -0.15) is 0 Å². The molecule has 0 aliphatic heterocycles. The number of methoxy groups -OCH3 is 1. The van der Waals surface area contributed by atoms with Gasteiger partial charge in [-0.3, -0.25) is 9.78 Å². The molecule has 5 heteroatoms. The van der Waals surface area contributed by atoms with Gasteiger partial charge in [0.25, 0.3) is 5.91 Å². The van der Waals surface area contributed by atoms with Crippen molar-refractivity contribution in [3.63, 3.8) is 0 Å². The van der Waals surface area contributed by atoms with Gasteiger partial charge in [0.2, 0.25) is 0 Å². The Hall–Kier alpha value is -2.66. The lowest BCUT2D eigenvalue weighted by atomic mass is 10.1. The van der Waals surface area contributed by atoms with Crippen LogP contribution in [0.3, 0.4) is 0 Å². The van der Waals surface area contributed by atoms with Crippen LogP contribution in [0.2, 0.25) is 0 Å². The van der Waals surface area contributed by atoms with Crippen LogP contribution in [0, 0.1) is 0 Å². The highest BCUT2D eigenvalue weighted by atomic mass is 32.1. The summed E-state index contributed by atoms with van der Waals surface area (Å²) in [5.41, 5.74) is 2.16. The van der Waals surface area contributed by atoms with E-state index in [0.29, 0.717) is 11.4 Å². The molecule has 1 N–H and O–H groups in total. The van der Waals surface area contributed by atoms with E-state index >= 15 is 0 Å². The first-order valence-electron chi connectivity index (χ1n) is 7.68. The number of amides is 1. The molecule has 0 aliphatic rings. The summed E-state index contributed by atoms with van der Waals surface area (Å²) in [5, 5.41) is 2.97. The van der Waals surface area contributed by atoms with Gasteiger partial charge in [0, 0.05) is 23.8 Å². The maximum absolute atomic E-state index is 12.3. The highest BCUT2D eigenvalue weighted by molar-refractivity contribution is 7.17. The number of benzene rings is 1. The Morgan fingerprint density at radius 1 is 1.12 bits per heavy atom. The Morgan fingerprint density at radius 2 is 1.92 bits per heavy atom. The molecule has 3 rings (SSSR count). The lowest BCUT2D eigenvalue weighted by molar-refractivity contribution is 0.0958. The van der Waals surface area contributed by atoms with Crippen LogP contribution in [0.5, 0.6) is 5.75 Å². The van der Waals surface area contributed by atoms with Crippen molar-refractivity contribution in [1.29, 1.82) is 0 Å². The molecule has 0 saturated carbocycles. The molecule has 1 aromatic carbocycles. The number of nitrogens with zero attached hydrogens (tertiary/aromatic N) is 1. The summed E-state index contributed by atoms with van der Waals surface area (Å²) in [7, 11) is 1.66. The first-order chi connectivity index (χ1) is 11.8. The fourth-order valence-corrected chi connectivity index (χ4v) is 3.37. The highest BCUT2D eigenvalue weighted by Gasteiger charge is 2.10. The molecule has 122 valence electrons. The van der Waals surface area contributed by atoms with Crippen LogP contribution in [0.15, 0.2) is 60.9 Å². The van der Waals surface area contributed by atoms with Crippen LogP contribution < -0.4 is 10.1 Å². The largest absolute Gasteiger partial charge is 0.496 e. The standard InChI is InChI=1S/C19H18N2O2S/c1-23-16-5-3-2-4-14(16)10-13-21-19(22)18-7-6-17(24-18)15-8-11-20-12-9-15/h2-9,11-12H,10,13H2,1H3,(H,21,22). The average Bonchev–Trinajstić information content (AvgIpc) is 3.13. The number of carbonyl (C=O) groups excluding carboxylic acids is 1. The molecule has 2 heterocycles. The number of aromatic nitrogens is 1. The minimum Gasteiger partial charge on any atom is -0.496 e. The summed E-state index contributed by atoms with van der Waals surface area (Å²) >= 11 is 1.48. The monoisotopic (exact) mass is 338 g/mol. The molecule has 0 fully saturated rings. The van der Waals surface area contributed by atoms with Crippen molar-refractivity contribution in [3.8, 4) is 16.2 Å². The van der Waals surface area contributed by atoms with E-state index in [2.05, 4.69) is 10.3 Å². The Balaban J connectivity index is 1.59. The van der Waals surface area contributed by atoms with Gasteiger partial charge in [-0.25, -0.2) is 0 Å². The van der Waals surface area contributed by atoms with Gasteiger partial charge in [-0.1, -0.05) is 18.2 Å². The Kier molecular flexibility index (Phi) is 5.23. The number of nitrogens with one attached hydrogen (secondary N) is 1. The number of hydrogen-bond acceptors (Lipinski definition) is 4. The van der Waals surface area contributed by atoms with Crippen molar-refractivity contribution in [2.24, 2.45) is 0 Å². The molecule has 4 nitrogen and oxygen atoms in total. The van der Waals surface area contributed by atoms with Gasteiger partial charge in [-0.15, -0.1) is 11.3 Å². The molecule has 0 radical (unpaired) electrons. The quantitative estimate of drug-likeness (QED) is 0.744. The molecule has 0 bridgehead atoms. The number of rotatable bonds is 6. The maximum atomic E-state index is 12.3. The Bertz CT molecular complexity index is 815. The second-order valence-corrected chi connectivity index (χ2v) is 6.30. The Morgan fingerprint density at radius 3 is 2.71 bits per heavy atom. The third kappa shape index (κ3) is 3.81. The van der Waals surface area contributed by atoms with Crippen LogP contribution in [-0.2, 0) is 6.42 Å². The van der Waals surface area contributed by atoms with Gasteiger partial charge < -0.3 is 10.1 Å². The lowest BCUT2D eigenvalue weighted by Gasteiger charge is -2.08. The van der Waals surface area contributed by atoms with Crippen molar-refractivity contribution in [2.45, 2.75) is 6.42 Å². The SMILES string of the molecule is COc1ccccc1CCNC(=O)c1ccc(-c2ccncc2)s1. The number of carbonyl (C=O) groups is 1. The van der Waals surface area contributed by atoms with E-state index < -0.39 is 0 Å². The second kappa shape index (κ2) is 7.75. The summed E-state index contributed by atoms with van der Waals surface area (Å²) in [6.07, 6.45) is 4.24. The summed E-state index contributed by atoms with van der Waals surface area (Å²) in [4.78, 5) is 18.1. The first kappa shape index (κ1) is 16.2. The predicted molar refractivity (Wildman–Crippen MR) is 96.6 cm³/mol. The van der Waals surface area contributed by atoms with Gasteiger partial charge in [0.15, 0.2) is 0 Å². The van der Waals surface area contributed by atoms with Gasteiger partial charge in [0.05, 0.1) is 12.0 Å². The number of para-hydroxylation sites is 1. The zero-order chi connectivity index (χ0) is 16.8. The smallest absolute Gasteiger partial charge is 0.261 e. The van der Waals surface area contributed by atoms with Crippen molar-refractivity contribution in [2.75, 3.05) is 13.7 Å². The third-order valence-electron chi connectivity index (χ3n) is 3.67. The molecule has 0 atom stereocenters. The fraction of sp³-hybridized carbons (Fsp3) is 0.158. The van der Waals surface area contributed by atoms with E-state index in [4.69, 9.17) is 4.74 Å². The van der Waals surface area contributed by atoms with E-state index in [-0.39, 0.29) is 5.91 Å². The van der Waals surface area contributed by atoms with Crippen LogP contribution in [0.1, 0.15) is 15.2 Å². The predicted octanol–water partition coefficient (Wildman–Crippen LogP) is 3.79. The number of thiophene rings is 1. The van der Waals surface area contributed by atoms with Crippen LogP contribution in [-0.4, -0.2) is 24.5 Å². The molecular weight excluding hydrogens is 320 g/mol. The van der Waals surface area contributed by atoms with E-state index in [0.717, 1.165) is 28.2 Å². The number of ether oxygens (including phenoxy) is 1. The van der Waals surface area contributed by atoms with Crippen LogP contribution >= 0.6 is 11.3 Å². The van der Waals surface area contributed by atoms with E-state index in [1.54, 1.807) is 19.5 Å². The van der Waals surface area contributed by atoms with Crippen LogP contribution in [0.25, 0.3) is 10.4 Å². The van der Waals surface area contributed by atoms with E-state index in [1.165, 1.54) is 11.3 Å². The third-order valence-corrected chi connectivity index (χ3v) is 4.80. The normalized spacial score (nSPS) is 10.4. The zero-order valence-electron chi connectivity index (χ0n) is 13.4.